The maximum Gasteiger partial charge on any atom is 0.337 e. The number of aromatic carboxylic acids is 2. The number of anilines is 1. The molecule has 0 aliphatic carbocycles. The summed E-state index contributed by atoms with van der Waals surface area (Å²) in [5.41, 5.74) is 4.22. The maximum atomic E-state index is 12.8. The van der Waals surface area contributed by atoms with Crippen LogP contribution < -0.4 is 20.1 Å². The first-order valence-corrected chi connectivity index (χ1v) is 14.4. The summed E-state index contributed by atoms with van der Waals surface area (Å²) in [4.78, 5) is 27.5. The van der Waals surface area contributed by atoms with Gasteiger partial charge in [0.15, 0.2) is 0 Å². The van der Waals surface area contributed by atoms with Crippen LogP contribution in [0.3, 0.4) is 0 Å². The van der Waals surface area contributed by atoms with Crippen molar-refractivity contribution in [1.82, 2.24) is 0 Å². The van der Waals surface area contributed by atoms with E-state index >= 15 is 0 Å². The van der Waals surface area contributed by atoms with Crippen LogP contribution in [-0.4, -0.2) is 35.2 Å². The highest BCUT2D eigenvalue weighted by molar-refractivity contribution is 6.39. The number of aryl methyl sites for hydroxylation is 1. The van der Waals surface area contributed by atoms with E-state index in [9.17, 15) is 19.8 Å². The molecule has 41 heavy (non-hydrogen) atoms. The van der Waals surface area contributed by atoms with E-state index in [1.54, 1.807) is 0 Å². The molecule has 0 bridgehead atoms. The number of nitrogens with zero attached hydrogens (tertiary/aromatic N) is 1. The molecule has 0 fully saturated rings. The first-order chi connectivity index (χ1) is 19.8. The van der Waals surface area contributed by atoms with Gasteiger partial charge in [-0.15, -0.1) is 0 Å². The van der Waals surface area contributed by atoms with Gasteiger partial charge in [-0.1, -0.05) is 54.0 Å². The number of carbonyl (C=O) groups is 2. The molecule has 3 aliphatic heterocycles. The smallest absolute Gasteiger partial charge is 0.337 e. The fourth-order valence-corrected chi connectivity index (χ4v) is 7.39. The second-order valence-corrected chi connectivity index (χ2v) is 11.6. The summed E-state index contributed by atoms with van der Waals surface area (Å²) in [6.07, 6.45) is 4.76. The normalized spacial score (nSPS) is 15.5. The Labute approximate surface area is 245 Å². The van der Waals surface area contributed by atoms with Crippen molar-refractivity contribution in [2.24, 2.45) is 0 Å². The third-order valence-electron chi connectivity index (χ3n) is 8.46. The van der Waals surface area contributed by atoms with Gasteiger partial charge in [0.25, 0.3) is 0 Å². The van der Waals surface area contributed by atoms with Crippen LogP contribution in [0.4, 0.5) is 5.69 Å². The molecule has 7 rings (SSSR count). The number of carboxylic acids is 2. The van der Waals surface area contributed by atoms with Crippen molar-refractivity contribution in [3.05, 3.63) is 96.3 Å². The lowest BCUT2D eigenvalue weighted by molar-refractivity contribution is 0.0681. The zero-order chi connectivity index (χ0) is 28.6. The van der Waals surface area contributed by atoms with Crippen LogP contribution in [0.15, 0.2) is 42.5 Å². The Morgan fingerprint density at radius 3 is 2.44 bits per heavy atom. The van der Waals surface area contributed by atoms with Crippen LogP contribution in [-0.2, 0) is 12.8 Å². The van der Waals surface area contributed by atoms with Crippen molar-refractivity contribution in [2.45, 2.75) is 32.1 Å². The van der Waals surface area contributed by atoms with E-state index in [2.05, 4.69) is 17.5 Å². The van der Waals surface area contributed by atoms with Gasteiger partial charge in [0, 0.05) is 46.3 Å². The van der Waals surface area contributed by atoms with Gasteiger partial charge < -0.3 is 19.8 Å². The highest BCUT2D eigenvalue weighted by Gasteiger charge is 2.35. The van der Waals surface area contributed by atoms with Gasteiger partial charge in [0.1, 0.15) is 11.5 Å². The lowest BCUT2D eigenvalue weighted by Gasteiger charge is -2.35. The number of fused-ring (bicyclic) bond motifs is 5. The van der Waals surface area contributed by atoms with Crippen LogP contribution in [0.5, 0.6) is 11.5 Å². The topological polar surface area (TPSA) is 87.1 Å². The lowest BCUT2D eigenvalue weighted by atomic mass is 9.83. The minimum absolute atomic E-state index is 0.0743. The van der Waals surface area contributed by atoms with E-state index in [-0.39, 0.29) is 26.7 Å². The average Bonchev–Trinajstić information content (AvgIpc) is 3.16. The molecule has 0 unspecified atom stereocenters. The molecule has 3 heterocycles. The zero-order valence-corrected chi connectivity index (χ0v) is 23.5. The highest BCUT2D eigenvalue weighted by Crippen LogP contribution is 2.49. The van der Waals surface area contributed by atoms with E-state index in [0.29, 0.717) is 27.9 Å². The number of carboxylic acid groups (broad SMARTS) is 2. The minimum Gasteiger partial charge on any atom is -0.478 e. The Bertz CT molecular complexity index is 1970. The summed E-state index contributed by atoms with van der Waals surface area (Å²) in [5, 5.41) is 23.1. The molecule has 206 valence electrons. The molecule has 4 aromatic carbocycles. The fourth-order valence-electron chi connectivity index (χ4n) is 6.78. The molecule has 8 heteroatoms. The molecule has 2 N–H and O–H groups in total. The van der Waals surface area contributed by atoms with Gasteiger partial charge in [-0.3, -0.25) is 0 Å². The zero-order valence-electron chi connectivity index (χ0n) is 22.0. The number of halogens is 2. The molecular formula is C33H25Cl2NO5. The second-order valence-electron chi connectivity index (χ2n) is 10.8. The van der Waals surface area contributed by atoms with Crippen LogP contribution in [0.2, 0.25) is 10.0 Å². The van der Waals surface area contributed by atoms with Crippen molar-refractivity contribution in [3.63, 3.8) is 0 Å². The summed E-state index contributed by atoms with van der Waals surface area (Å²) >= 11 is 13.4. The Morgan fingerprint density at radius 1 is 0.927 bits per heavy atom. The minimum atomic E-state index is -1.30. The van der Waals surface area contributed by atoms with E-state index in [4.69, 9.17) is 27.9 Å². The van der Waals surface area contributed by atoms with E-state index in [1.807, 2.05) is 30.3 Å². The molecule has 0 amide bonds. The maximum absolute atomic E-state index is 12.8. The Morgan fingerprint density at radius 2 is 1.68 bits per heavy atom. The number of hydrogen-bond donors (Lipinski definition) is 2. The molecule has 0 atom stereocenters. The van der Waals surface area contributed by atoms with Crippen LogP contribution in [0, 0.1) is 0 Å². The van der Waals surface area contributed by atoms with Gasteiger partial charge in [-0.25, -0.2) is 9.59 Å². The quantitative estimate of drug-likeness (QED) is 0.255. The molecule has 0 saturated heterocycles. The molecular weight excluding hydrogens is 561 g/mol. The highest BCUT2D eigenvalue weighted by atomic mass is 35.5. The summed E-state index contributed by atoms with van der Waals surface area (Å²) in [5.74, 6) is -1.43. The Balaban J connectivity index is 1.74. The largest absolute Gasteiger partial charge is 0.478 e. The molecule has 3 aliphatic rings. The van der Waals surface area contributed by atoms with E-state index in [1.165, 1.54) is 11.3 Å². The first kappa shape index (κ1) is 25.9. The monoisotopic (exact) mass is 585 g/mol. The average molecular weight is 586 g/mol. The number of rotatable bonds is 3. The molecule has 0 aromatic heterocycles. The standard InChI is InChI=1S/C33H25Cl2NO5/c1-16-13-24-25(19-9-3-2-8-18(16)19)26(28-27(33(39)40)23(34)15-22(29(28)35)32(37)38)21-14-17-7-4-5-11-36-12-6-10-20(30(17)36)31(21)41-24/h2-3,8-9,13-15H,1,4-7,10-12H2,(H,37,38)(H,39,40). The van der Waals surface area contributed by atoms with Crippen LogP contribution in [0.1, 0.15) is 62.2 Å². The lowest BCUT2D eigenvalue weighted by Crippen LogP contribution is -2.31. The summed E-state index contributed by atoms with van der Waals surface area (Å²) in [6.45, 7) is 6.21. The van der Waals surface area contributed by atoms with Crippen LogP contribution >= 0.6 is 23.2 Å². The fraction of sp³-hybridized carbons (Fsp3) is 0.212. The summed E-state index contributed by atoms with van der Waals surface area (Å²) < 4.78 is 6.75. The number of ether oxygens (including phenoxy) is 1. The molecule has 0 spiro atoms. The van der Waals surface area contributed by atoms with Crippen molar-refractivity contribution >= 4 is 63.8 Å². The van der Waals surface area contributed by atoms with E-state index in [0.717, 1.165) is 72.8 Å². The molecule has 0 radical (unpaired) electrons. The number of hydrogen-bond acceptors (Lipinski definition) is 4. The summed E-state index contributed by atoms with van der Waals surface area (Å²) in [7, 11) is 0. The molecule has 0 saturated carbocycles. The number of benzene rings is 4. The van der Waals surface area contributed by atoms with Crippen molar-refractivity contribution in [2.75, 3.05) is 18.0 Å². The van der Waals surface area contributed by atoms with Crippen molar-refractivity contribution in [3.8, 4) is 11.5 Å². The molecule has 4 aromatic rings. The SMILES string of the molecule is C=c1cc2c(c3ccccc13)=C(c1c(Cl)c(C(=O)O)cc(Cl)c1C(=O)O)c1cc3c4c(c1O2)CCCN4CCCC3. The first-order valence-electron chi connectivity index (χ1n) is 13.6. The van der Waals surface area contributed by atoms with Gasteiger partial charge >= 0.3 is 11.9 Å². The molecule has 6 nitrogen and oxygen atoms in total. The predicted molar refractivity (Wildman–Crippen MR) is 161 cm³/mol. The third-order valence-corrected chi connectivity index (χ3v) is 9.15. The van der Waals surface area contributed by atoms with Gasteiger partial charge in [-0.2, -0.15) is 0 Å². The second kappa shape index (κ2) is 9.54. The predicted octanol–water partition coefficient (Wildman–Crippen LogP) is 6.40. The van der Waals surface area contributed by atoms with Gasteiger partial charge in [-0.05, 0) is 71.9 Å². The van der Waals surface area contributed by atoms with Gasteiger partial charge in [0.05, 0.1) is 21.2 Å². The van der Waals surface area contributed by atoms with Crippen LogP contribution in [0.25, 0.3) is 22.9 Å². The van der Waals surface area contributed by atoms with Gasteiger partial charge in [0.2, 0.25) is 0 Å². The van der Waals surface area contributed by atoms with Crippen molar-refractivity contribution < 1.29 is 24.5 Å². The Kier molecular flexibility index (Phi) is 6.03. The third kappa shape index (κ3) is 3.85. The van der Waals surface area contributed by atoms with E-state index < -0.39 is 11.9 Å². The summed E-state index contributed by atoms with van der Waals surface area (Å²) in [6, 6.07) is 12.7. The van der Waals surface area contributed by atoms with Crippen molar-refractivity contribution in [1.29, 1.82) is 0 Å². The Hall–Kier alpha value is -4.00.